The maximum Gasteiger partial charge on any atom is 0.119 e. The van der Waals surface area contributed by atoms with E-state index in [1.165, 1.54) is 12.0 Å². The minimum atomic E-state index is 0.654. The van der Waals surface area contributed by atoms with Gasteiger partial charge < -0.3 is 14.5 Å². The Morgan fingerprint density at radius 3 is 2.86 bits per heavy atom. The fraction of sp³-hybridized carbons (Fsp3) is 0.444. The van der Waals surface area contributed by atoms with E-state index in [0.717, 1.165) is 36.3 Å². The zero-order valence-corrected chi connectivity index (χ0v) is 12.8. The number of hydrogen-bond donors (Lipinski definition) is 1. The van der Waals surface area contributed by atoms with Crippen LogP contribution in [0.15, 0.2) is 40.8 Å². The van der Waals surface area contributed by atoms with Crippen LogP contribution in [-0.4, -0.2) is 6.61 Å². The van der Waals surface area contributed by atoms with Gasteiger partial charge in [0.05, 0.1) is 13.2 Å². The topological polar surface area (TPSA) is 34.4 Å². The Balaban J connectivity index is 1.49. The maximum absolute atomic E-state index is 5.89. The molecule has 0 amide bonds. The molecule has 1 aliphatic carbocycles. The van der Waals surface area contributed by atoms with Crippen LogP contribution in [0.5, 0.6) is 5.75 Å². The summed E-state index contributed by atoms with van der Waals surface area (Å²) in [5, 5.41) is 3.42. The summed E-state index contributed by atoms with van der Waals surface area (Å²) in [4.78, 5) is 0. The molecule has 3 rings (SSSR count). The summed E-state index contributed by atoms with van der Waals surface area (Å²) >= 11 is 0. The minimum Gasteiger partial charge on any atom is -0.494 e. The van der Waals surface area contributed by atoms with Gasteiger partial charge in [0.2, 0.25) is 0 Å². The molecule has 1 heterocycles. The fourth-order valence-corrected chi connectivity index (χ4v) is 2.65. The molecule has 1 aliphatic rings. The third-order valence-corrected chi connectivity index (χ3v) is 4.00. The van der Waals surface area contributed by atoms with Crippen LogP contribution >= 0.6 is 0 Å². The first kappa shape index (κ1) is 14.2. The van der Waals surface area contributed by atoms with Crippen molar-refractivity contribution in [1.82, 2.24) is 5.32 Å². The van der Waals surface area contributed by atoms with Gasteiger partial charge in [-0.05, 0) is 49.1 Å². The Morgan fingerprint density at radius 2 is 2.10 bits per heavy atom. The van der Waals surface area contributed by atoms with E-state index < -0.39 is 0 Å². The molecule has 1 aromatic carbocycles. The second kappa shape index (κ2) is 6.35. The van der Waals surface area contributed by atoms with Gasteiger partial charge in [0, 0.05) is 12.5 Å². The molecule has 1 fully saturated rings. The lowest BCUT2D eigenvalue weighted by Gasteiger charge is -2.06. The van der Waals surface area contributed by atoms with Gasteiger partial charge in [-0.15, -0.1) is 0 Å². The van der Waals surface area contributed by atoms with Crippen LogP contribution in [-0.2, 0) is 13.1 Å². The van der Waals surface area contributed by atoms with Crippen molar-refractivity contribution in [2.24, 2.45) is 5.92 Å². The molecule has 2 unspecified atom stereocenters. The van der Waals surface area contributed by atoms with Crippen LogP contribution in [0.3, 0.4) is 0 Å². The Hall–Kier alpha value is -1.74. The minimum absolute atomic E-state index is 0.654. The monoisotopic (exact) mass is 285 g/mol. The van der Waals surface area contributed by atoms with Gasteiger partial charge in [-0.3, -0.25) is 0 Å². The van der Waals surface area contributed by atoms with E-state index >= 15 is 0 Å². The lowest BCUT2D eigenvalue weighted by atomic mass is 10.2. The highest BCUT2D eigenvalue weighted by molar-refractivity contribution is 5.28. The van der Waals surface area contributed by atoms with Crippen molar-refractivity contribution in [2.45, 2.75) is 39.3 Å². The summed E-state index contributed by atoms with van der Waals surface area (Å²) in [6.45, 7) is 6.55. The molecule has 0 bridgehead atoms. The number of hydrogen-bond acceptors (Lipinski definition) is 3. The molecule has 0 radical (unpaired) electrons. The van der Waals surface area contributed by atoms with Crippen LogP contribution in [0.1, 0.15) is 43.3 Å². The molecule has 112 valence electrons. The van der Waals surface area contributed by atoms with Crippen LogP contribution < -0.4 is 10.1 Å². The van der Waals surface area contributed by atoms with Crippen molar-refractivity contribution in [3.8, 4) is 5.75 Å². The van der Waals surface area contributed by atoms with Crippen molar-refractivity contribution < 1.29 is 9.15 Å². The molecule has 1 aromatic heterocycles. The van der Waals surface area contributed by atoms with Gasteiger partial charge in [0.15, 0.2) is 0 Å². The van der Waals surface area contributed by atoms with Gasteiger partial charge in [-0.2, -0.15) is 0 Å². The number of nitrogens with one attached hydrogen (secondary N) is 1. The predicted molar refractivity (Wildman–Crippen MR) is 83.4 cm³/mol. The molecular weight excluding hydrogens is 262 g/mol. The van der Waals surface area contributed by atoms with Gasteiger partial charge in [-0.25, -0.2) is 0 Å². The summed E-state index contributed by atoms with van der Waals surface area (Å²) in [6.07, 6.45) is 1.27. The van der Waals surface area contributed by atoms with Gasteiger partial charge in [0.25, 0.3) is 0 Å². The molecule has 3 nitrogen and oxygen atoms in total. The number of rotatable bonds is 7. The van der Waals surface area contributed by atoms with Crippen molar-refractivity contribution in [3.05, 3.63) is 53.5 Å². The largest absolute Gasteiger partial charge is 0.494 e. The van der Waals surface area contributed by atoms with Crippen LogP contribution in [0, 0.1) is 5.92 Å². The normalized spacial score (nSPS) is 20.5. The van der Waals surface area contributed by atoms with Crippen LogP contribution in [0.4, 0.5) is 0 Å². The first-order valence-electron chi connectivity index (χ1n) is 7.77. The summed E-state index contributed by atoms with van der Waals surface area (Å²) in [5.74, 6) is 4.54. The average Bonchev–Trinajstić information content (AvgIpc) is 3.02. The molecular formula is C18H23NO2. The van der Waals surface area contributed by atoms with Gasteiger partial charge in [0.1, 0.15) is 17.3 Å². The fourth-order valence-electron chi connectivity index (χ4n) is 2.65. The zero-order chi connectivity index (χ0) is 14.7. The second-order valence-corrected chi connectivity index (χ2v) is 5.81. The average molecular weight is 285 g/mol. The van der Waals surface area contributed by atoms with E-state index in [4.69, 9.17) is 9.15 Å². The van der Waals surface area contributed by atoms with E-state index in [1.54, 1.807) is 0 Å². The molecule has 1 saturated carbocycles. The van der Waals surface area contributed by atoms with Gasteiger partial charge >= 0.3 is 0 Å². The third kappa shape index (κ3) is 3.67. The molecule has 3 heteroatoms. The van der Waals surface area contributed by atoms with Crippen LogP contribution in [0.2, 0.25) is 0 Å². The molecule has 2 atom stereocenters. The highest BCUT2D eigenvalue weighted by Gasteiger charge is 2.36. The SMILES string of the molecule is CCOc1cccc(CNCc2ccc(C3CC3C)o2)c1. The number of benzene rings is 1. The molecule has 0 saturated heterocycles. The lowest BCUT2D eigenvalue weighted by Crippen LogP contribution is -2.12. The first-order chi connectivity index (χ1) is 10.3. The van der Waals surface area contributed by atoms with E-state index in [2.05, 4.69) is 36.5 Å². The third-order valence-electron chi connectivity index (χ3n) is 4.00. The standard InChI is InChI=1S/C18H23NO2/c1-3-20-15-6-4-5-14(10-15)11-19-12-16-7-8-18(21-16)17-9-13(17)2/h4-8,10,13,17,19H,3,9,11-12H2,1-2H3. The van der Waals surface area contributed by atoms with Crippen molar-refractivity contribution in [2.75, 3.05) is 6.61 Å². The Labute approximate surface area is 126 Å². The van der Waals surface area contributed by atoms with Crippen LogP contribution in [0.25, 0.3) is 0 Å². The summed E-state index contributed by atoms with van der Waals surface area (Å²) < 4.78 is 11.4. The van der Waals surface area contributed by atoms with E-state index in [0.29, 0.717) is 12.5 Å². The van der Waals surface area contributed by atoms with E-state index in [9.17, 15) is 0 Å². The summed E-state index contributed by atoms with van der Waals surface area (Å²) in [5.41, 5.74) is 1.23. The second-order valence-electron chi connectivity index (χ2n) is 5.81. The predicted octanol–water partition coefficient (Wildman–Crippen LogP) is 4.09. The molecule has 2 aromatic rings. The Kier molecular flexibility index (Phi) is 4.30. The smallest absolute Gasteiger partial charge is 0.119 e. The lowest BCUT2D eigenvalue weighted by molar-refractivity contribution is 0.340. The molecule has 1 N–H and O–H groups in total. The van der Waals surface area contributed by atoms with Crippen molar-refractivity contribution in [1.29, 1.82) is 0 Å². The highest BCUT2D eigenvalue weighted by atomic mass is 16.5. The van der Waals surface area contributed by atoms with E-state index in [-0.39, 0.29) is 0 Å². The van der Waals surface area contributed by atoms with E-state index in [1.807, 2.05) is 19.1 Å². The Morgan fingerprint density at radius 1 is 1.24 bits per heavy atom. The zero-order valence-electron chi connectivity index (χ0n) is 12.8. The summed E-state index contributed by atoms with van der Waals surface area (Å²) in [7, 11) is 0. The molecule has 21 heavy (non-hydrogen) atoms. The number of furan rings is 1. The quantitative estimate of drug-likeness (QED) is 0.832. The molecule has 0 spiro atoms. The van der Waals surface area contributed by atoms with Crippen molar-refractivity contribution >= 4 is 0 Å². The number of ether oxygens (including phenoxy) is 1. The highest BCUT2D eigenvalue weighted by Crippen LogP contribution is 2.47. The maximum atomic E-state index is 5.89. The Bertz CT molecular complexity index is 590. The summed E-state index contributed by atoms with van der Waals surface area (Å²) in [6, 6.07) is 12.4. The molecule has 0 aliphatic heterocycles. The van der Waals surface area contributed by atoms with Crippen molar-refractivity contribution in [3.63, 3.8) is 0 Å². The van der Waals surface area contributed by atoms with Gasteiger partial charge in [-0.1, -0.05) is 19.1 Å². The first-order valence-corrected chi connectivity index (χ1v) is 7.77.